The molecule has 0 saturated heterocycles. The number of hydrogen-bond donors (Lipinski definition) is 0. The molecule has 1 aliphatic rings. The van der Waals surface area contributed by atoms with Crippen molar-refractivity contribution in [1.29, 1.82) is 0 Å². The molecule has 1 aliphatic heterocycles. The van der Waals surface area contributed by atoms with Crippen molar-refractivity contribution in [2.24, 2.45) is 0 Å². The molecule has 0 atom stereocenters. The van der Waals surface area contributed by atoms with Gasteiger partial charge < -0.3 is 4.74 Å². The highest BCUT2D eigenvalue weighted by Crippen LogP contribution is 2.29. The summed E-state index contributed by atoms with van der Waals surface area (Å²) >= 11 is 0. The second-order valence-electron chi connectivity index (χ2n) is 5.07. The van der Waals surface area contributed by atoms with Crippen LogP contribution in [-0.2, 0) is 13.0 Å². The molecular formula is C16H18N2O2. The number of rotatable bonds is 3. The third kappa shape index (κ3) is 2.06. The Balaban J connectivity index is 2.23. The number of carbonyl (C=O) groups excluding carboxylic acids is 1. The Morgan fingerprint density at radius 1 is 1.45 bits per heavy atom. The summed E-state index contributed by atoms with van der Waals surface area (Å²) in [6.07, 6.45) is 1.87. The minimum Gasteiger partial charge on any atom is -0.497 e. The molecule has 0 saturated carbocycles. The van der Waals surface area contributed by atoms with Gasteiger partial charge in [-0.25, -0.2) is 0 Å². The first-order valence-electron chi connectivity index (χ1n) is 6.93. The Morgan fingerprint density at radius 3 is 3.00 bits per heavy atom. The molecule has 104 valence electrons. The van der Waals surface area contributed by atoms with Gasteiger partial charge in [0.2, 0.25) is 0 Å². The van der Waals surface area contributed by atoms with Gasteiger partial charge in [0, 0.05) is 36.2 Å². The molecule has 0 radical (unpaired) electrons. The van der Waals surface area contributed by atoms with Crippen LogP contribution in [-0.4, -0.2) is 36.4 Å². The fraction of sp³-hybridized carbons (Fsp3) is 0.375. The van der Waals surface area contributed by atoms with Crippen LogP contribution in [0.1, 0.15) is 28.5 Å². The Labute approximate surface area is 118 Å². The number of ether oxygens (including phenoxy) is 1. The summed E-state index contributed by atoms with van der Waals surface area (Å²) in [5.41, 5.74) is 3.78. The molecule has 4 nitrogen and oxygen atoms in total. The zero-order chi connectivity index (χ0) is 14.1. The highest BCUT2D eigenvalue weighted by molar-refractivity contribution is 5.98. The van der Waals surface area contributed by atoms with Crippen molar-refractivity contribution in [2.45, 2.75) is 19.9 Å². The van der Waals surface area contributed by atoms with Gasteiger partial charge in [0.25, 0.3) is 0 Å². The van der Waals surface area contributed by atoms with E-state index in [-0.39, 0.29) is 0 Å². The first kappa shape index (κ1) is 13.1. The first-order chi connectivity index (χ1) is 9.76. The van der Waals surface area contributed by atoms with Crippen molar-refractivity contribution < 1.29 is 9.53 Å². The summed E-state index contributed by atoms with van der Waals surface area (Å²) < 4.78 is 5.25. The average Bonchev–Trinajstić information content (AvgIpc) is 2.51. The predicted molar refractivity (Wildman–Crippen MR) is 78.3 cm³/mol. The molecule has 0 amide bonds. The first-order valence-corrected chi connectivity index (χ1v) is 6.93. The third-order valence-corrected chi connectivity index (χ3v) is 4.03. The van der Waals surface area contributed by atoms with Gasteiger partial charge in [-0.15, -0.1) is 0 Å². The number of hydrogen-bond acceptors (Lipinski definition) is 4. The number of aromatic nitrogens is 1. The summed E-state index contributed by atoms with van der Waals surface area (Å²) in [7, 11) is 1.63. The fourth-order valence-electron chi connectivity index (χ4n) is 2.84. The monoisotopic (exact) mass is 270 g/mol. The molecule has 0 N–H and O–H groups in total. The van der Waals surface area contributed by atoms with E-state index in [0.29, 0.717) is 0 Å². The van der Waals surface area contributed by atoms with E-state index in [1.54, 1.807) is 7.11 Å². The van der Waals surface area contributed by atoms with Gasteiger partial charge in [0.15, 0.2) is 6.29 Å². The number of methoxy groups -OCH3 is 1. The lowest BCUT2D eigenvalue weighted by atomic mass is 9.96. The normalized spacial score (nSPS) is 15.1. The fourth-order valence-corrected chi connectivity index (χ4v) is 2.84. The molecule has 0 bridgehead atoms. The minimum absolute atomic E-state index is 0.755. The number of aldehydes is 1. The number of nitrogens with zero attached hydrogens (tertiary/aromatic N) is 2. The van der Waals surface area contributed by atoms with Crippen LogP contribution in [0.5, 0.6) is 5.75 Å². The summed E-state index contributed by atoms with van der Waals surface area (Å²) in [6.45, 7) is 4.95. The van der Waals surface area contributed by atoms with Gasteiger partial charge in [-0.05, 0) is 30.3 Å². The standard InChI is InChI=1S/C16H18N2O2/c1-3-18-7-6-16-13(9-18)14(10-19)12-8-11(20-2)4-5-15(12)17-16/h4-5,8,10H,3,6-7,9H2,1-2H3. The van der Waals surface area contributed by atoms with Crippen LogP contribution in [0.25, 0.3) is 10.9 Å². The predicted octanol–water partition coefficient (Wildman–Crippen LogP) is 2.43. The van der Waals surface area contributed by atoms with Crippen LogP contribution in [0.2, 0.25) is 0 Å². The van der Waals surface area contributed by atoms with Crippen molar-refractivity contribution in [3.05, 3.63) is 35.0 Å². The maximum absolute atomic E-state index is 11.6. The second kappa shape index (κ2) is 5.21. The van der Waals surface area contributed by atoms with Crippen LogP contribution >= 0.6 is 0 Å². The lowest BCUT2D eigenvalue weighted by Crippen LogP contribution is -2.31. The maximum atomic E-state index is 11.6. The largest absolute Gasteiger partial charge is 0.497 e. The second-order valence-corrected chi connectivity index (χ2v) is 5.07. The molecule has 0 spiro atoms. The van der Waals surface area contributed by atoms with Gasteiger partial charge in [-0.3, -0.25) is 14.7 Å². The van der Waals surface area contributed by atoms with Crippen LogP contribution in [0.3, 0.4) is 0 Å². The molecule has 20 heavy (non-hydrogen) atoms. The summed E-state index contributed by atoms with van der Waals surface area (Å²) in [4.78, 5) is 18.7. The smallest absolute Gasteiger partial charge is 0.151 e. The molecular weight excluding hydrogens is 252 g/mol. The minimum atomic E-state index is 0.755. The molecule has 1 aromatic heterocycles. The Morgan fingerprint density at radius 2 is 2.30 bits per heavy atom. The molecule has 4 heteroatoms. The van der Waals surface area contributed by atoms with Crippen molar-refractivity contribution in [2.75, 3.05) is 20.2 Å². The maximum Gasteiger partial charge on any atom is 0.151 e. The van der Waals surface area contributed by atoms with Gasteiger partial charge in [0.1, 0.15) is 5.75 Å². The molecule has 1 aromatic carbocycles. The number of fused-ring (bicyclic) bond motifs is 2. The van der Waals surface area contributed by atoms with Gasteiger partial charge in [-0.2, -0.15) is 0 Å². The number of pyridine rings is 1. The third-order valence-electron chi connectivity index (χ3n) is 4.03. The summed E-state index contributed by atoms with van der Waals surface area (Å²) in [5, 5.41) is 0.885. The molecule has 2 heterocycles. The van der Waals surface area contributed by atoms with E-state index >= 15 is 0 Å². The number of likely N-dealkylation sites (N-methyl/N-ethyl adjacent to an activating group) is 1. The SMILES string of the molecule is CCN1CCc2nc3ccc(OC)cc3c(C=O)c2C1. The van der Waals surface area contributed by atoms with Gasteiger partial charge in [0.05, 0.1) is 12.6 Å². The topological polar surface area (TPSA) is 42.4 Å². The van der Waals surface area contributed by atoms with Crippen molar-refractivity contribution >= 4 is 17.2 Å². The summed E-state index contributed by atoms with van der Waals surface area (Å²) in [5.74, 6) is 0.755. The number of carbonyl (C=O) groups is 1. The van der Waals surface area contributed by atoms with Crippen molar-refractivity contribution in [1.82, 2.24) is 9.88 Å². The molecule has 3 rings (SSSR count). The van der Waals surface area contributed by atoms with Crippen LogP contribution in [0.4, 0.5) is 0 Å². The summed E-state index contributed by atoms with van der Waals surface area (Å²) in [6, 6.07) is 5.71. The zero-order valence-electron chi connectivity index (χ0n) is 11.8. The van der Waals surface area contributed by atoms with Gasteiger partial charge in [-0.1, -0.05) is 6.92 Å². The molecule has 0 fully saturated rings. The highest BCUT2D eigenvalue weighted by atomic mass is 16.5. The highest BCUT2D eigenvalue weighted by Gasteiger charge is 2.21. The van der Waals surface area contributed by atoms with Crippen molar-refractivity contribution in [3.63, 3.8) is 0 Å². The van der Waals surface area contributed by atoms with Gasteiger partial charge >= 0.3 is 0 Å². The van der Waals surface area contributed by atoms with Crippen LogP contribution in [0.15, 0.2) is 18.2 Å². The van der Waals surface area contributed by atoms with E-state index in [1.807, 2.05) is 18.2 Å². The van der Waals surface area contributed by atoms with Crippen LogP contribution in [0, 0.1) is 0 Å². The molecule has 0 unspecified atom stereocenters. The van der Waals surface area contributed by atoms with Crippen LogP contribution < -0.4 is 4.74 Å². The van der Waals surface area contributed by atoms with E-state index in [1.165, 1.54) is 0 Å². The lowest BCUT2D eigenvalue weighted by Gasteiger charge is -2.28. The quantitative estimate of drug-likeness (QED) is 0.803. The van der Waals surface area contributed by atoms with E-state index in [0.717, 1.165) is 65.8 Å². The van der Waals surface area contributed by atoms with E-state index in [2.05, 4.69) is 11.8 Å². The Bertz CT molecular complexity index is 667. The molecule has 2 aromatic rings. The Kier molecular flexibility index (Phi) is 3.40. The zero-order valence-corrected chi connectivity index (χ0v) is 11.8. The molecule has 0 aliphatic carbocycles. The van der Waals surface area contributed by atoms with Crippen molar-refractivity contribution in [3.8, 4) is 5.75 Å². The van der Waals surface area contributed by atoms with E-state index < -0.39 is 0 Å². The van der Waals surface area contributed by atoms with E-state index in [9.17, 15) is 4.79 Å². The number of benzene rings is 1. The lowest BCUT2D eigenvalue weighted by molar-refractivity contribution is 0.112. The Hall–Kier alpha value is -1.94. The van der Waals surface area contributed by atoms with E-state index in [4.69, 9.17) is 9.72 Å². The average molecular weight is 270 g/mol.